The quantitative estimate of drug-likeness (QED) is 0.183. The van der Waals surface area contributed by atoms with Crippen molar-refractivity contribution < 1.29 is 0 Å². The molecule has 0 radical (unpaired) electrons. The van der Waals surface area contributed by atoms with Crippen LogP contribution in [0, 0.1) is 0 Å². The second kappa shape index (κ2) is 11.0. The molecule has 4 heterocycles. The van der Waals surface area contributed by atoms with E-state index in [4.69, 9.17) is 4.98 Å². The fourth-order valence-electron chi connectivity index (χ4n) is 8.11. The maximum absolute atomic E-state index is 4.90. The van der Waals surface area contributed by atoms with Crippen LogP contribution in [-0.4, -0.2) is 14.1 Å². The van der Waals surface area contributed by atoms with E-state index in [1.165, 1.54) is 74.9 Å². The van der Waals surface area contributed by atoms with Gasteiger partial charge in [0.25, 0.3) is 0 Å². The minimum atomic E-state index is 1.04. The normalized spacial score (nSPS) is 11.9. The van der Waals surface area contributed by atoms with Crippen molar-refractivity contribution in [2.24, 2.45) is 0 Å². The van der Waals surface area contributed by atoms with E-state index in [-0.39, 0.29) is 0 Å². The van der Waals surface area contributed by atoms with Gasteiger partial charge in [0.05, 0.1) is 32.5 Å². The lowest BCUT2D eigenvalue weighted by atomic mass is 10.0. The number of benzene rings is 7. The molecule has 0 saturated carbocycles. The third-order valence-corrected chi connectivity index (χ3v) is 11.6. The summed E-state index contributed by atoms with van der Waals surface area (Å²) in [5.74, 6) is 0. The van der Waals surface area contributed by atoms with Crippen molar-refractivity contribution in [1.29, 1.82) is 0 Å². The molecule has 238 valence electrons. The number of rotatable bonds is 4. The van der Waals surface area contributed by atoms with Crippen LogP contribution in [0.3, 0.4) is 0 Å². The van der Waals surface area contributed by atoms with Gasteiger partial charge < -0.3 is 9.13 Å². The SMILES string of the molecule is c1cc(-c2cccc(-n3c4ccccc4c4cc(-n5c6ccccc6c6ccccc65)ccc43)c2)cc(-c2nccc3c2sc2ccccc23)c1. The maximum atomic E-state index is 4.90. The lowest BCUT2D eigenvalue weighted by Gasteiger charge is -2.12. The summed E-state index contributed by atoms with van der Waals surface area (Å²) in [6, 6.07) is 61.6. The van der Waals surface area contributed by atoms with Crippen molar-refractivity contribution in [1.82, 2.24) is 14.1 Å². The third kappa shape index (κ3) is 4.27. The molecule has 0 spiro atoms. The molecule has 0 unspecified atom stereocenters. The molecule has 0 fully saturated rings. The van der Waals surface area contributed by atoms with E-state index < -0.39 is 0 Å². The second-order valence-electron chi connectivity index (χ2n) is 13.2. The molecule has 0 aliphatic rings. The molecule has 3 nitrogen and oxygen atoms in total. The van der Waals surface area contributed by atoms with Crippen LogP contribution in [0.15, 0.2) is 176 Å². The molecule has 11 rings (SSSR count). The van der Waals surface area contributed by atoms with E-state index in [1.807, 2.05) is 17.5 Å². The molecule has 0 atom stereocenters. The summed E-state index contributed by atoms with van der Waals surface area (Å²) in [4.78, 5) is 4.90. The molecule has 0 bridgehead atoms. The molecule has 0 saturated heterocycles. The predicted molar refractivity (Wildman–Crippen MR) is 217 cm³/mol. The van der Waals surface area contributed by atoms with Gasteiger partial charge in [0.2, 0.25) is 0 Å². The summed E-state index contributed by atoms with van der Waals surface area (Å²) in [6.07, 6.45) is 1.94. The number of hydrogen-bond donors (Lipinski definition) is 0. The Morgan fingerprint density at radius 3 is 1.65 bits per heavy atom. The zero-order valence-corrected chi connectivity index (χ0v) is 28.3. The van der Waals surface area contributed by atoms with Gasteiger partial charge in [-0.2, -0.15) is 0 Å². The van der Waals surface area contributed by atoms with Crippen LogP contribution in [0.1, 0.15) is 0 Å². The number of aromatic nitrogens is 3. The Balaban J connectivity index is 1.06. The molecule has 4 aromatic heterocycles. The van der Waals surface area contributed by atoms with Crippen LogP contribution in [0.25, 0.3) is 97.5 Å². The van der Waals surface area contributed by atoms with Crippen molar-refractivity contribution in [2.45, 2.75) is 0 Å². The topological polar surface area (TPSA) is 22.8 Å². The van der Waals surface area contributed by atoms with Crippen LogP contribution in [0.4, 0.5) is 0 Å². The number of para-hydroxylation sites is 3. The Kier molecular flexibility index (Phi) is 6.12. The highest BCUT2D eigenvalue weighted by Crippen LogP contribution is 2.40. The molecule has 4 heteroatoms. The summed E-state index contributed by atoms with van der Waals surface area (Å²) < 4.78 is 7.33. The van der Waals surface area contributed by atoms with Crippen LogP contribution in [0.2, 0.25) is 0 Å². The molecule has 0 amide bonds. The Morgan fingerprint density at radius 2 is 0.922 bits per heavy atom. The number of nitrogens with zero attached hydrogens (tertiary/aromatic N) is 3. The molecule has 7 aromatic carbocycles. The van der Waals surface area contributed by atoms with Gasteiger partial charge in [0, 0.05) is 60.2 Å². The van der Waals surface area contributed by atoms with Gasteiger partial charge in [-0.3, -0.25) is 4.98 Å². The van der Waals surface area contributed by atoms with E-state index in [0.29, 0.717) is 0 Å². The lowest BCUT2D eigenvalue weighted by Crippen LogP contribution is -1.96. The molecule has 0 aliphatic carbocycles. The average Bonchev–Trinajstić information content (AvgIpc) is 3.86. The maximum Gasteiger partial charge on any atom is 0.0880 e. The van der Waals surface area contributed by atoms with Gasteiger partial charge in [-0.1, -0.05) is 103 Å². The van der Waals surface area contributed by atoms with Crippen LogP contribution in [0.5, 0.6) is 0 Å². The summed E-state index contributed by atoms with van der Waals surface area (Å²) >= 11 is 1.82. The average molecular weight is 668 g/mol. The highest BCUT2D eigenvalue weighted by molar-refractivity contribution is 7.26. The molecule has 0 N–H and O–H groups in total. The first-order valence-corrected chi connectivity index (χ1v) is 18.1. The Labute approximate surface area is 297 Å². The van der Waals surface area contributed by atoms with Crippen LogP contribution in [-0.2, 0) is 0 Å². The highest BCUT2D eigenvalue weighted by Gasteiger charge is 2.17. The van der Waals surface area contributed by atoms with E-state index in [1.54, 1.807) is 0 Å². The van der Waals surface area contributed by atoms with E-state index in [2.05, 4.69) is 179 Å². The van der Waals surface area contributed by atoms with Crippen molar-refractivity contribution in [3.05, 3.63) is 176 Å². The van der Waals surface area contributed by atoms with E-state index >= 15 is 0 Å². The second-order valence-corrected chi connectivity index (χ2v) is 14.2. The first-order chi connectivity index (χ1) is 25.3. The summed E-state index contributed by atoms with van der Waals surface area (Å²) in [5, 5.41) is 7.57. The first-order valence-electron chi connectivity index (χ1n) is 17.3. The Morgan fingerprint density at radius 1 is 0.373 bits per heavy atom. The zero-order valence-electron chi connectivity index (χ0n) is 27.5. The number of fused-ring (bicyclic) bond motifs is 9. The van der Waals surface area contributed by atoms with Crippen LogP contribution >= 0.6 is 11.3 Å². The van der Waals surface area contributed by atoms with Crippen molar-refractivity contribution in [3.8, 4) is 33.8 Å². The number of hydrogen-bond acceptors (Lipinski definition) is 2. The zero-order chi connectivity index (χ0) is 33.5. The Hall–Kier alpha value is -6.49. The number of pyridine rings is 1. The minimum absolute atomic E-state index is 1.04. The van der Waals surface area contributed by atoms with Crippen molar-refractivity contribution >= 4 is 75.1 Å². The van der Waals surface area contributed by atoms with Gasteiger partial charge in [-0.25, -0.2) is 0 Å². The molecular weight excluding hydrogens is 639 g/mol. The monoisotopic (exact) mass is 667 g/mol. The molecular formula is C47H29N3S. The van der Waals surface area contributed by atoms with Crippen LogP contribution < -0.4 is 0 Å². The highest BCUT2D eigenvalue weighted by atomic mass is 32.1. The smallest absolute Gasteiger partial charge is 0.0880 e. The predicted octanol–water partition coefficient (Wildman–Crippen LogP) is 13.0. The van der Waals surface area contributed by atoms with Gasteiger partial charge in [0.15, 0.2) is 0 Å². The minimum Gasteiger partial charge on any atom is -0.309 e. The van der Waals surface area contributed by atoms with E-state index in [9.17, 15) is 0 Å². The first kappa shape index (κ1) is 28.4. The lowest BCUT2D eigenvalue weighted by molar-refractivity contribution is 1.17. The van der Waals surface area contributed by atoms with Gasteiger partial charge in [0.1, 0.15) is 0 Å². The third-order valence-electron chi connectivity index (χ3n) is 10.4. The fraction of sp³-hybridized carbons (Fsp3) is 0. The van der Waals surface area contributed by atoms with Gasteiger partial charge >= 0.3 is 0 Å². The molecule has 0 aliphatic heterocycles. The summed E-state index contributed by atoms with van der Waals surface area (Å²) in [5.41, 5.74) is 11.6. The van der Waals surface area contributed by atoms with Gasteiger partial charge in [-0.15, -0.1) is 11.3 Å². The fourth-order valence-corrected chi connectivity index (χ4v) is 9.32. The number of thiophene rings is 1. The summed E-state index contributed by atoms with van der Waals surface area (Å²) in [6.45, 7) is 0. The van der Waals surface area contributed by atoms with Crippen molar-refractivity contribution in [2.75, 3.05) is 0 Å². The van der Waals surface area contributed by atoms with E-state index in [0.717, 1.165) is 22.6 Å². The largest absolute Gasteiger partial charge is 0.309 e. The standard InChI is InChI=1S/C47H29N3S/c1-5-19-41-35(15-1)36-16-2-6-20-42(36)50(41)34-23-24-44-40(29-34)37-17-3-7-21-43(37)49(44)33-14-10-12-31(28-33)30-11-9-13-32(27-30)46-47-39(25-26-48-46)38-18-4-8-22-45(38)51-47/h1-29H. The summed E-state index contributed by atoms with van der Waals surface area (Å²) in [7, 11) is 0. The Bertz CT molecular complexity index is 3100. The van der Waals surface area contributed by atoms with Crippen molar-refractivity contribution in [3.63, 3.8) is 0 Å². The van der Waals surface area contributed by atoms with Gasteiger partial charge in [-0.05, 0) is 77.9 Å². The molecule has 51 heavy (non-hydrogen) atoms. The molecule has 11 aromatic rings.